The summed E-state index contributed by atoms with van der Waals surface area (Å²) in [6, 6.07) is 0. The summed E-state index contributed by atoms with van der Waals surface area (Å²) < 4.78 is 5.38. The van der Waals surface area contributed by atoms with Crippen LogP contribution in [0.4, 0.5) is 0 Å². The van der Waals surface area contributed by atoms with Crippen molar-refractivity contribution in [2.45, 2.75) is 38.6 Å². The quantitative estimate of drug-likeness (QED) is 0.604. The fourth-order valence-corrected chi connectivity index (χ4v) is 1.35. The van der Waals surface area contributed by atoms with Gasteiger partial charge in [0.1, 0.15) is 6.10 Å². The van der Waals surface area contributed by atoms with Crippen molar-refractivity contribution >= 4 is 0 Å². The smallest absolute Gasteiger partial charge is 0.107 e. The van der Waals surface area contributed by atoms with Crippen molar-refractivity contribution in [3.63, 3.8) is 0 Å². The van der Waals surface area contributed by atoms with E-state index < -0.39 is 6.10 Å². The maximum absolute atomic E-state index is 9.32. The number of hydrogen-bond donors (Lipinski definition) is 2. The van der Waals surface area contributed by atoms with Gasteiger partial charge in [0, 0.05) is 6.42 Å². The Morgan fingerprint density at radius 2 is 2.18 bits per heavy atom. The van der Waals surface area contributed by atoms with Crippen molar-refractivity contribution < 1.29 is 14.9 Å². The lowest BCUT2D eigenvalue weighted by Gasteiger charge is -2.14. The summed E-state index contributed by atoms with van der Waals surface area (Å²) in [5.41, 5.74) is 0. The molecule has 2 N–H and O–H groups in total. The fourth-order valence-electron chi connectivity index (χ4n) is 1.35. The summed E-state index contributed by atoms with van der Waals surface area (Å²) in [7, 11) is 0. The molecule has 0 unspecified atom stereocenters. The van der Waals surface area contributed by atoms with Gasteiger partial charge in [0.05, 0.1) is 18.8 Å². The molecule has 1 aliphatic heterocycles. The number of ether oxygens (including phenoxy) is 1. The largest absolute Gasteiger partial charge is 0.394 e. The highest BCUT2D eigenvalue weighted by molar-refractivity contribution is 4.82. The molecule has 1 aliphatic rings. The molecule has 1 saturated heterocycles. The Hall–Kier alpha value is -0.120. The van der Waals surface area contributed by atoms with Gasteiger partial charge in [-0.1, -0.05) is 13.8 Å². The van der Waals surface area contributed by atoms with Crippen LogP contribution in [0.3, 0.4) is 0 Å². The summed E-state index contributed by atoms with van der Waals surface area (Å²) in [5.74, 6) is 0.418. The molecule has 3 nitrogen and oxygen atoms in total. The topological polar surface area (TPSA) is 49.7 Å². The van der Waals surface area contributed by atoms with Gasteiger partial charge in [0.15, 0.2) is 0 Å². The van der Waals surface area contributed by atoms with Gasteiger partial charge in [-0.3, -0.25) is 0 Å². The van der Waals surface area contributed by atoms with E-state index in [0.717, 1.165) is 0 Å². The van der Waals surface area contributed by atoms with E-state index in [-0.39, 0.29) is 18.8 Å². The average molecular weight is 160 g/mol. The Morgan fingerprint density at radius 3 is 2.45 bits per heavy atom. The van der Waals surface area contributed by atoms with Crippen molar-refractivity contribution in [2.75, 3.05) is 6.61 Å². The van der Waals surface area contributed by atoms with E-state index in [1.54, 1.807) is 0 Å². The summed E-state index contributed by atoms with van der Waals surface area (Å²) in [5, 5.41) is 18.1. The van der Waals surface area contributed by atoms with Gasteiger partial charge < -0.3 is 14.9 Å². The lowest BCUT2D eigenvalue weighted by Crippen LogP contribution is -2.24. The maximum atomic E-state index is 9.32. The van der Waals surface area contributed by atoms with Crippen molar-refractivity contribution in [2.24, 2.45) is 5.92 Å². The fraction of sp³-hybridized carbons (Fsp3) is 1.00. The van der Waals surface area contributed by atoms with Crippen LogP contribution in [0, 0.1) is 5.92 Å². The SMILES string of the molecule is CC(C)[C@H]1C[C@H](O)[C@@H](CO)O1. The molecule has 11 heavy (non-hydrogen) atoms. The second-order valence-corrected chi connectivity index (χ2v) is 3.44. The molecule has 0 aromatic heterocycles. The van der Waals surface area contributed by atoms with Crippen molar-refractivity contribution in [3.05, 3.63) is 0 Å². The molecule has 1 heterocycles. The van der Waals surface area contributed by atoms with Crippen molar-refractivity contribution in [1.29, 1.82) is 0 Å². The Labute approximate surface area is 67.0 Å². The van der Waals surface area contributed by atoms with E-state index in [4.69, 9.17) is 9.84 Å². The molecule has 0 radical (unpaired) electrons. The van der Waals surface area contributed by atoms with Gasteiger partial charge in [-0.25, -0.2) is 0 Å². The molecule has 3 heteroatoms. The predicted molar refractivity (Wildman–Crippen MR) is 41.2 cm³/mol. The van der Waals surface area contributed by atoms with Crippen LogP contribution in [-0.4, -0.2) is 35.1 Å². The van der Waals surface area contributed by atoms with E-state index in [2.05, 4.69) is 13.8 Å². The van der Waals surface area contributed by atoms with Crippen LogP contribution >= 0.6 is 0 Å². The zero-order chi connectivity index (χ0) is 8.43. The third kappa shape index (κ3) is 1.92. The monoisotopic (exact) mass is 160 g/mol. The molecule has 1 rings (SSSR count). The maximum Gasteiger partial charge on any atom is 0.107 e. The van der Waals surface area contributed by atoms with E-state index in [9.17, 15) is 5.11 Å². The normalized spacial score (nSPS) is 38.5. The summed E-state index contributed by atoms with van der Waals surface area (Å²) >= 11 is 0. The molecule has 0 spiro atoms. The van der Waals surface area contributed by atoms with Crippen LogP contribution in [0.25, 0.3) is 0 Å². The van der Waals surface area contributed by atoms with Gasteiger partial charge in [0.25, 0.3) is 0 Å². The standard InChI is InChI=1S/C8H16O3/c1-5(2)7-3-6(10)8(4-9)11-7/h5-10H,3-4H2,1-2H3/t6-,7+,8+/m0/s1. The van der Waals surface area contributed by atoms with Gasteiger partial charge in [-0.05, 0) is 5.92 Å². The molecule has 1 fully saturated rings. The molecule has 0 bridgehead atoms. The van der Waals surface area contributed by atoms with Gasteiger partial charge in [0.2, 0.25) is 0 Å². The highest BCUT2D eigenvalue weighted by atomic mass is 16.5. The first-order chi connectivity index (χ1) is 5.15. The van der Waals surface area contributed by atoms with E-state index in [1.165, 1.54) is 0 Å². The van der Waals surface area contributed by atoms with Crippen LogP contribution in [-0.2, 0) is 4.74 Å². The molecule has 0 aromatic rings. The van der Waals surface area contributed by atoms with Crippen LogP contribution in [0.15, 0.2) is 0 Å². The Kier molecular flexibility index (Phi) is 2.87. The van der Waals surface area contributed by atoms with Gasteiger partial charge >= 0.3 is 0 Å². The van der Waals surface area contributed by atoms with Crippen LogP contribution in [0.5, 0.6) is 0 Å². The lowest BCUT2D eigenvalue weighted by molar-refractivity contribution is -0.0335. The number of hydrogen-bond acceptors (Lipinski definition) is 3. The molecular formula is C8H16O3. The minimum absolute atomic E-state index is 0.0790. The van der Waals surface area contributed by atoms with Crippen molar-refractivity contribution in [3.8, 4) is 0 Å². The van der Waals surface area contributed by atoms with Gasteiger partial charge in [-0.15, -0.1) is 0 Å². The van der Waals surface area contributed by atoms with Crippen LogP contribution in [0.1, 0.15) is 20.3 Å². The first-order valence-electron chi connectivity index (χ1n) is 4.09. The average Bonchev–Trinajstić information content (AvgIpc) is 2.31. The van der Waals surface area contributed by atoms with Crippen molar-refractivity contribution in [1.82, 2.24) is 0 Å². The third-order valence-corrected chi connectivity index (χ3v) is 2.18. The Bertz CT molecular complexity index is 125. The minimum atomic E-state index is -0.479. The van der Waals surface area contributed by atoms with Gasteiger partial charge in [-0.2, -0.15) is 0 Å². The summed E-state index contributed by atoms with van der Waals surface area (Å²) in [4.78, 5) is 0. The number of aliphatic hydroxyl groups is 2. The number of rotatable bonds is 2. The second kappa shape index (κ2) is 3.52. The first-order valence-corrected chi connectivity index (χ1v) is 4.09. The van der Waals surface area contributed by atoms with Crippen LogP contribution in [0.2, 0.25) is 0 Å². The first kappa shape index (κ1) is 8.97. The van der Waals surface area contributed by atoms with Crippen LogP contribution < -0.4 is 0 Å². The highest BCUT2D eigenvalue weighted by Gasteiger charge is 2.34. The highest BCUT2D eigenvalue weighted by Crippen LogP contribution is 2.25. The van der Waals surface area contributed by atoms with E-state index in [1.807, 2.05) is 0 Å². The third-order valence-electron chi connectivity index (χ3n) is 2.18. The second-order valence-electron chi connectivity index (χ2n) is 3.44. The minimum Gasteiger partial charge on any atom is -0.394 e. The molecular weight excluding hydrogens is 144 g/mol. The molecule has 3 atom stereocenters. The Balaban J connectivity index is 2.43. The molecule has 0 aliphatic carbocycles. The lowest BCUT2D eigenvalue weighted by atomic mass is 10.0. The predicted octanol–water partition coefficient (Wildman–Crippen LogP) is 0.153. The zero-order valence-corrected chi connectivity index (χ0v) is 7.03. The molecule has 66 valence electrons. The van der Waals surface area contributed by atoms with E-state index in [0.29, 0.717) is 12.3 Å². The Morgan fingerprint density at radius 1 is 1.55 bits per heavy atom. The zero-order valence-electron chi connectivity index (χ0n) is 7.03. The molecule has 0 aromatic carbocycles. The summed E-state index contributed by atoms with van der Waals surface area (Å²) in [6.07, 6.45) is -0.0694. The summed E-state index contributed by atoms with van der Waals surface area (Å²) in [6.45, 7) is 4.03. The number of aliphatic hydroxyl groups excluding tert-OH is 2. The molecule has 0 amide bonds. The molecule has 0 saturated carbocycles. The van der Waals surface area contributed by atoms with E-state index >= 15 is 0 Å².